The van der Waals surface area contributed by atoms with E-state index in [4.69, 9.17) is 26.8 Å². The van der Waals surface area contributed by atoms with Gasteiger partial charge in [-0.15, -0.1) is 11.3 Å². The molecule has 0 spiro atoms. The Morgan fingerprint density at radius 3 is 2.84 bits per heavy atom. The number of hydrogen-bond acceptors (Lipinski definition) is 7. The lowest BCUT2D eigenvalue weighted by Gasteiger charge is -2.02. The molecule has 6 nitrogen and oxygen atoms in total. The van der Waals surface area contributed by atoms with Gasteiger partial charge in [0, 0.05) is 7.11 Å². The van der Waals surface area contributed by atoms with E-state index in [0.29, 0.717) is 27.3 Å². The van der Waals surface area contributed by atoms with E-state index in [9.17, 15) is 4.79 Å². The van der Waals surface area contributed by atoms with E-state index in [1.807, 2.05) is 0 Å². The first-order valence-electron chi connectivity index (χ1n) is 5.42. The molecule has 0 unspecified atom stereocenters. The topological polar surface area (TPSA) is 87.3 Å². The van der Waals surface area contributed by atoms with Crippen LogP contribution in [-0.4, -0.2) is 36.3 Å². The standard InChI is InChI=1S/C11H12ClN3O3S/c1-5-6-8(13)14-11(12)15-9(6)19-7(5)10(16)18-4-3-17-2/h3-4H2,1-2H3,(H2,13,14,15). The lowest BCUT2D eigenvalue weighted by atomic mass is 10.2. The summed E-state index contributed by atoms with van der Waals surface area (Å²) in [5, 5.41) is 0.707. The van der Waals surface area contributed by atoms with Gasteiger partial charge in [-0.1, -0.05) is 0 Å². The fourth-order valence-electron chi connectivity index (χ4n) is 1.62. The summed E-state index contributed by atoms with van der Waals surface area (Å²) >= 11 is 6.93. The van der Waals surface area contributed by atoms with Gasteiger partial charge in [0.25, 0.3) is 0 Å². The number of nitrogens with zero attached hydrogens (tertiary/aromatic N) is 2. The van der Waals surface area contributed by atoms with Crippen molar-refractivity contribution in [3.63, 3.8) is 0 Å². The highest BCUT2D eigenvalue weighted by molar-refractivity contribution is 7.20. The normalized spacial score (nSPS) is 10.9. The summed E-state index contributed by atoms with van der Waals surface area (Å²) in [5.41, 5.74) is 6.50. The number of nitrogens with two attached hydrogens (primary N) is 1. The highest BCUT2D eigenvalue weighted by atomic mass is 35.5. The number of hydrogen-bond donors (Lipinski definition) is 1. The van der Waals surface area contributed by atoms with Gasteiger partial charge in [-0.25, -0.2) is 14.8 Å². The first-order chi connectivity index (χ1) is 9.04. The van der Waals surface area contributed by atoms with Gasteiger partial charge >= 0.3 is 5.97 Å². The van der Waals surface area contributed by atoms with Crippen LogP contribution in [0.15, 0.2) is 0 Å². The van der Waals surface area contributed by atoms with Gasteiger partial charge in [0.15, 0.2) is 0 Å². The number of methoxy groups -OCH3 is 1. The lowest BCUT2D eigenvalue weighted by Crippen LogP contribution is -2.09. The second kappa shape index (κ2) is 5.68. The number of ether oxygens (including phenoxy) is 2. The number of thiophene rings is 1. The third-order valence-electron chi connectivity index (χ3n) is 2.50. The van der Waals surface area contributed by atoms with Crippen LogP contribution >= 0.6 is 22.9 Å². The Bertz CT molecular complexity index is 629. The van der Waals surface area contributed by atoms with Crippen molar-refractivity contribution in [2.75, 3.05) is 26.1 Å². The van der Waals surface area contributed by atoms with E-state index in [2.05, 4.69) is 9.97 Å². The molecule has 0 saturated carbocycles. The van der Waals surface area contributed by atoms with Crippen LogP contribution in [0.5, 0.6) is 0 Å². The molecule has 0 bridgehead atoms. The molecule has 0 saturated heterocycles. The fourth-order valence-corrected chi connectivity index (χ4v) is 2.93. The molecule has 2 aromatic heterocycles. The molecule has 0 aliphatic rings. The summed E-state index contributed by atoms with van der Waals surface area (Å²) in [6, 6.07) is 0. The molecular weight excluding hydrogens is 290 g/mol. The molecule has 2 heterocycles. The summed E-state index contributed by atoms with van der Waals surface area (Å²) < 4.78 is 9.89. The van der Waals surface area contributed by atoms with Crippen LogP contribution < -0.4 is 5.73 Å². The van der Waals surface area contributed by atoms with Crippen LogP contribution in [0.25, 0.3) is 10.2 Å². The Balaban J connectivity index is 2.37. The van der Waals surface area contributed by atoms with E-state index in [0.717, 1.165) is 0 Å². The predicted octanol–water partition coefficient (Wildman–Crippen LogP) is 2.04. The van der Waals surface area contributed by atoms with E-state index < -0.39 is 5.97 Å². The second-order valence-corrected chi connectivity index (χ2v) is 5.08. The number of anilines is 1. The smallest absolute Gasteiger partial charge is 0.348 e. The van der Waals surface area contributed by atoms with Crippen molar-refractivity contribution in [2.45, 2.75) is 6.92 Å². The number of nitrogen functional groups attached to an aromatic ring is 1. The molecule has 0 aliphatic carbocycles. The molecule has 0 radical (unpaired) electrons. The molecule has 8 heteroatoms. The molecule has 102 valence electrons. The molecule has 2 aromatic rings. The number of carbonyl (C=O) groups excluding carboxylic acids is 1. The molecule has 0 aliphatic heterocycles. The third-order valence-corrected chi connectivity index (χ3v) is 3.83. The minimum absolute atomic E-state index is 0.0607. The van der Waals surface area contributed by atoms with Crippen molar-refractivity contribution in [3.05, 3.63) is 15.7 Å². The first-order valence-corrected chi connectivity index (χ1v) is 6.62. The minimum Gasteiger partial charge on any atom is -0.459 e. The maximum absolute atomic E-state index is 11.9. The zero-order chi connectivity index (χ0) is 14.0. The van der Waals surface area contributed by atoms with Crippen LogP contribution in [0.3, 0.4) is 0 Å². The summed E-state index contributed by atoms with van der Waals surface area (Å²) in [6.07, 6.45) is 0. The maximum atomic E-state index is 11.9. The third kappa shape index (κ3) is 2.78. The summed E-state index contributed by atoms with van der Waals surface area (Å²) in [5.74, 6) is -0.159. The second-order valence-electron chi connectivity index (χ2n) is 3.74. The summed E-state index contributed by atoms with van der Waals surface area (Å²) in [7, 11) is 1.54. The van der Waals surface area contributed by atoms with Gasteiger partial charge in [0.1, 0.15) is 22.1 Å². The van der Waals surface area contributed by atoms with Crippen molar-refractivity contribution in [2.24, 2.45) is 0 Å². The van der Waals surface area contributed by atoms with Crippen molar-refractivity contribution in [1.82, 2.24) is 9.97 Å². The van der Waals surface area contributed by atoms with Crippen molar-refractivity contribution in [3.8, 4) is 0 Å². The molecule has 0 amide bonds. The Morgan fingerprint density at radius 2 is 2.16 bits per heavy atom. The zero-order valence-electron chi connectivity index (χ0n) is 10.4. The van der Waals surface area contributed by atoms with Gasteiger partial charge in [-0.2, -0.15) is 0 Å². The van der Waals surface area contributed by atoms with Gasteiger partial charge in [-0.3, -0.25) is 0 Å². The predicted molar refractivity (Wildman–Crippen MR) is 73.7 cm³/mol. The highest BCUT2D eigenvalue weighted by Gasteiger charge is 2.20. The van der Waals surface area contributed by atoms with Gasteiger partial charge in [-0.05, 0) is 24.1 Å². The number of aryl methyl sites for hydroxylation is 1. The molecule has 0 aromatic carbocycles. The summed E-state index contributed by atoms with van der Waals surface area (Å²) in [4.78, 5) is 20.9. The van der Waals surface area contributed by atoms with Gasteiger partial charge < -0.3 is 15.2 Å². The van der Waals surface area contributed by atoms with E-state index in [1.54, 1.807) is 6.92 Å². The average Bonchev–Trinajstić information content (AvgIpc) is 2.66. The molecule has 2 rings (SSSR count). The molecule has 2 N–H and O–H groups in total. The quantitative estimate of drug-likeness (QED) is 0.528. The van der Waals surface area contributed by atoms with Crippen molar-refractivity contribution in [1.29, 1.82) is 0 Å². The van der Waals surface area contributed by atoms with Crippen LogP contribution in [0, 0.1) is 6.92 Å². The molecule has 19 heavy (non-hydrogen) atoms. The highest BCUT2D eigenvalue weighted by Crippen LogP contribution is 2.33. The average molecular weight is 302 g/mol. The van der Waals surface area contributed by atoms with Crippen LogP contribution in [0.1, 0.15) is 15.2 Å². The number of aromatic nitrogens is 2. The molecular formula is C11H12ClN3O3S. The van der Waals surface area contributed by atoms with Gasteiger partial charge in [0.2, 0.25) is 5.28 Å². The molecule has 0 fully saturated rings. The van der Waals surface area contributed by atoms with E-state index >= 15 is 0 Å². The van der Waals surface area contributed by atoms with Crippen LogP contribution in [0.2, 0.25) is 5.28 Å². The van der Waals surface area contributed by atoms with E-state index in [-0.39, 0.29) is 17.7 Å². The monoisotopic (exact) mass is 301 g/mol. The Morgan fingerprint density at radius 1 is 1.42 bits per heavy atom. The minimum atomic E-state index is -0.423. The van der Waals surface area contributed by atoms with Crippen molar-refractivity contribution < 1.29 is 14.3 Å². The SMILES string of the molecule is COCCOC(=O)c1sc2nc(Cl)nc(N)c2c1C. The number of halogens is 1. The lowest BCUT2D eigenvalue weighted by molar-refractivity contribution is 0.0393. The zero-order valence-corrected chi connectivity index (χ0v) is 12.0. The largest absolute Gasteiger partial charge is 0.459 e. The van der Waals surface area contributed by atoms with E-state index in [1.165, 1.54) is 18.4 Å². The Kier molecular flexibility index (Phi) is 4.18. The fraction of sp³-hybridized carbons (Fsp3) is 0.364. The van der Waals surface area contributed by atoms with Crippen molar-refractivity contribution >= 4 is 44.9 Å². The number of carbonyl (C=O) groups is 1. The van der Waals surface area contributed by atoms with Crippen LogP contribution in [-0.2, 0) is 9.47 Å². The van der Waals surface area contributed by atoms with Gasteiger partial charge in [0.05, 0.1) is 12.0 Å². The number of esters is 1. The summed E-state index contributed by atoms with van der Waals surface area (Å²) in [6.45, 7) is 2.33. The molecule has 0 atom stereocenters. The number of rotatable bonds is 4. The first kappa shape index (κ1) is 14.0. The Hall–Kier alpha value is -1.44. The van der Waals surface area contributed by atoms with Crippen LogP contribution in [0.4, 0.5) is 5.82 Å². The maximum Gasteiger partial charge on any atom is 0.348 e. The Labute approximate surface area is 118 Å². The number of fused-ring (bicyclic) bond motifs is 1.